The fraction of sp³-hybridized carbons (Fsp3) is 0.652. The quantitative estimate of drug-likeness (QED) is 0.734. The van der Waals surface area contributed by atoms with Crippen LogP contribution in [0.25, 0.3) is 0 Å². The molecule has 0 radical (unpaired) electrons. The first-order valence-electron chi connectivity index (χ1n) is 10.9. The topological polar surface area (TPSA) is 43.9 Å². The zero-order chi connectivity index (χ0) is 19.7. The fourth-order valence-electron chi connectivity index (χ4n) is 4.71. The number of carbonyl (C=O) groups excluding carboxylic acids is 2. The van der Waals surface area contributed by atoms with Crippen LogP contribution in [0, 0.1) is 5.92 Å². The van der Waals surface area contributed by atoms with Crippen LogP contribution in [0.1, 0.15) is 45.1 Å². The van der Waals surface area contributed by atoms with Gasteiger partial charge in [0.1, 0.15) is 6.29 Å². The van der Waals surface area contributed by atoms with E-state index in [0.717, 1.165) is 76.8 Å². The van der Waals surface area contributed by atoms with Crippen molar-refractivity contribution in [1.82, 2.24) is 9.80 Å². The predicted octanol–water partition coefficient (Wildman–Crippen LogP) is 2.69. The van der Waals surface area contributed by atoms with Crippen molar-refractivity contribution in [3.05, 3.63) is 29.8 Å². The molecule has 152 valence electrons. The van der Waals surface area contributed by atoms with Crippen LogP contribution in [0.2, 0.25) is 0 Å². The lowest BCUT2D eigenvalue weighted by Gasteiger charge is -2.40. The average molecular weight is 384 g/mol. The Morgan fingerprint density at radius 2 is 1.61 bits per heavy atom. The van der Waals surface area contributed by atoms with Crippen LogP contribution in [0.3, 0.4) is 0 Å². The van der Waals surface area contributed by atoms with E-state index in [2.05, 4.69) is 52.8 Å². The van der Waals surface area contributed by atoms with E-state index in [1.54, 1.807) is 0 Å². The highest BCUT2D eigenvalue weighted by Crippen LogP contribution is 2.46. The van der Waals surface area contributed by atoms with E-state index in [1.807, 2.05) is 0 Å². The molecule has 4 rings (SSSR count). The largest absolute Gasteiger partial charge is 0.371 e. The number of benzene rings is 1. The molecule has 0 spiro atoms. The van der Waals surface area contributed by atoms with Crippen molar-refractivity contribution < 1.29 is 9.59 Å². The molecular weight excluding hydrogens is 350 g/mol. The lowest BCUT2D eigenvalue weighted by molar-refractivity contribution is -0.138. The molecule has 2 aliphatic heterocycles. The molecule has 1 amide bonds. The molecule has 3 aliphatic rings. The zero-order valence-corrected chi connectivity index (χ0v) is 17.3. The third-order valence-corrected chi connectivity index (χ3v) is 7.02. The Kier molecular flexibility index (Phi) is 5.46. The summed E-state index contributed by atoms with van der Waals surface area (Å²) in [7, 11) is 0. The van der Waals surface area contributed by atoms with Crippen molar-refractivity contribution in [2.24, 2.45) is 5.92 Å². The molecule has 0 atom stereocenters. The molecule has 0 N–H and O–H groups in total. The molecule has 2 saturated heterocycles. The minimum atomic E-state index is -0.197. The van der Waals surface area contributed by atoms with Crippen LogP contribution in [0.5, 0.6) is 0 Å². The number of aldehydes is 1. The van der Waals surface area contributed by atoms with Crippen LogP contribution in [0.4, 0.5) is 5.69 Å². The van der Waals surface area contributed by atoms with E-state index in [1.165, 1.54) is 5.69 Å². The van der Waals surface area contributed by atoms with Gasteiger partial charge in [0, 0.05) is 56.9 Å². The van der Waals surface area contributed by atoms with E-state index >= 15 is 0 Å². The number of hydrogen-bond donors (Lipinski definition) is 0. The number of rotatable bonds is 5. The summed E-state index contributed by atoms with van der Waals surface area (Å²) in [5.74, 6) is 0.533. The average Bonchev–Trinajstić information content (AvgIpc) is 3.55. The standard InChI is InChI=1S/C23H33N3O2/c1-18(2)24-13-15-26(16-14-24)22(28)19-7-11-25(12-8-19)21-5-3-20(4-6-21)23(17-27)9-10-23/h3-6,17-19H,7-16H2,1-2H3. The second-order valence-corrected chi connectivity index (χ2v) is 9.04. The van der Waals surface area contributed by atoms with Gasteiger partial charge in [0.05, 0.1) is 5.41 Å². The Bertz CT molecular complexity index is 695. The summed E-state index contributed by atoms with van der Waals surface area (Å²) in [5.41, 5.74) is 2.16. The Morgan fingerprint density at radius 1 is 1.00 bits per heavy atom. The first kappa shape index (κ1) is 19.4. The highest BCUT2D eigenvalue weighted by Gasteiger charge is 2.44. The van der Waals surface area contributed by atoms with Gasteiger partial charge in [-0.1, -0.05) is 12.1 Å². The number of nitrogens with zero attached hydrogens (tertiary/aromatic N) is 3. The Morgan fingerprint density at radius 3 is 2.11 bits per heavy atom. The van der Waals surface area contributed by atoms with Crippen molar-refractivity contribution in [3.63, 3.8) is 0 Å². The molecule has 1 aliphatic carbocycles. The maximum absolute atomic E-state index is 12.9. The van der Waals surface area contributed by atoms with Crippen molar-refractivity contribution in [2.75, 3.05) is 44.2 Å². The first-order valence-corrected chi connectivity index (χ1v) is 10.9. The fourth-order valence-corrected chi connectivity index (χ4v) is 4.71. The third-order valence-electron chi connectivity index (χ3n) is 7.02. The van der Waals surface area contributed by atoms with Gasteiger partial charge in [-0.15, -0.1) is 0 Å². The van der Waals surface area contributed by atoms with Gasteiger partial charge in [0.25, 0.3) is 0 Å². The minimum absolute atomic E-state index is 0.172. The highest BCUT2D eigenvalue weighted by atomic mass is 16.2. The van der Waals surface area contributed by atoms with Crippen LogP contribution in [-0.4, -0.2) is 67.3 Å². The SMILES string of the molecule is CC(C)N1CCN(C(=O)C2CCN(c3ccc(C4(C=O)CC4)cc3)CC2)CC1. The second kappa shape index (κ2) is 7.86. The van der Waals surface area contributed by atoms with Crippen molar-refractivity contribution in [3.8, 4) is 0 Å². The molecule has 5 nitrogen and oxygen atoms in total. The molecular formula is C23H33N3O2. The summed E-state index contributed by atoms with van der Waals surface area (Å²) in [6, 6.07) is 9.08. The van der Waals surface area contributed by atoms with Gasteiger partial charge in [-0.3, -0.25) is 9.69 Å². The van der Waals surface area contributed by atoms with Gasteiger partial charge >= 0.3 is 0 Å². The first-order chi connectivity index (χ1) is 13.5. The number of anilines is 1. The maximum atomic E-state index is 12.9. The van der Waals surface area contributed by atoms with Gasteiger partial charge in [0.15, 0.2) is 0 Å². The molecule has 0 aromatic heterocycles. The van der Waals surface area contributed by atoms with Crippen LogP contribution in [-0.2, 0) is 15.0 Å². The number of hydrogen-bond acceptors (Lipinski definition) is 4. The third kappa shape index (κ3) is 3.82. The predicted molar refractivity (Wildman–Crippen MR) is 112 cm³/mol. The van der Waals surface area contributed by atoms with Crippen molar-refractivity contribution in [1.29, 1.82) is 0 Å². The van der Waals surface area contributed by atoms with E-state index < -0.39 is 0 Å². The molecule has 2 heterocycles. The molecule has 0 bridgehead atoms. The summed E-state index contributed by atoms with van der Waals surface area (Å²) in [6.45, 7) is 10.1. The Balaban J connectivity index is 1.29. The maximum Gasteiger partial charge on any atom is 0.225 e. The van der Waals surface area contributed by atoms with Gasteiger partial charge in [-0.25, -0.2) is 0 Å². The Labute approximate surface area is 168 Å². The summed E-state index contributed by atoms with van der Waals surface area (Å²) in [5, 5.41) is 0. The van der Waals surface area contributed by atoms with Gasteiger partial charge in [0.2, 0.25) is 5.91 Å². The van der Waals surface area contributed by atoms with Gasteiger partial charge in [-0.05, 0) is 57.2 Å². The lowest BCUT2D eigenvalue weighted by atomic mass is 9.93. The zero-order valence-electron chi connectivity index (χ0n) is 17.3. The summed E-state index contributed by atoms with van der Waals surface area (Å²) >= 11 is 0. The van der Waals surface area contributed by atoms with E-state index in [4.69, 9.17) is 0 Å². The second-order valence-electron chi connectivity index (χ2n) is 9.04. The number of carbonyl (C=O) groups is 2. The molecule has 1 saturated carbocycles. The van der Waals surface area contributed by atoms with Crippen LogP contribution >= 0.6 is 0 Å². The molecule has 0 unspecified atom stereocenters. The van der Waals surface area contributed by atoms with Crippen molar-refractivity contribution >= 4 is 17.9 Å². The van der Waals surface area contributed by atoms with E-state index in [-0.39, 0.29) is 11.3 Å². The molecule has 28 heavy (non-hydrogen) atoms. The highest BCUT2D eigenvalue weighted by molar-refractivity contribution is 5.79. The van der Waals surface area contributed by atoms with E-state index in [9.17, 15) is 9.59 Å². The molecule has 1 aromatic carbocycles. The summed E-state index contributed by atoms with van der Waals surface area (Å²) < 4.78 is 0. The van der Waals surface area contributed by atoms with E-state index in [0.29, 0.717) is 11.9 Å². The minimum Gasteiger partial charge on any atom is -0.371 e. The number of piperidine rings is 1. The molecule has 5 heteroatoms. The number of amides is 1. The summed E-state index contributed by atoms with van der Waals surface area (Å²) in [6.07, 6.45) is 4.94. The summed E-state index contributed by atoms with van der Waals surface area (Å²) in [4.78, 5) is 31.1. The van der Waals surface area contributed by atoms with Crippen LogP contribution in [0.15, 0.2) is 24.3 Å². The number of piperazine rings is 1. The Hall–Kier alpha value is -1.88. The monoisotopic (exact) mass is 383 g/mol. The molecule has 1 aromatic rings. The normalized spacial score (nSPS) is 23.1. The van der Waals surface area contributed by atoms with Gasteiger partial charge < -0.3 is 14.6 Å². The van der Waals surface area contributed by atoms with Crippen LogP contribution < -0.4 is 4.90 Å². The smallest absolute Gasteiger partial charge is 0.225 e. The van der Waals surface area contributed by atoms with Gasteiger partial charge in [-0.2, -0.15) is 0 Å². The molecule has 3 fully saturated rings. The van der Waals surface area contributed by atoms with Crippen molar-refractivity contribution in [2.45, 2.75) is 51.0 Å². The lowest BCUT2D eigenvalue weighted by Crippen LogP contribution is -2.53.